The standard InChI is InChI=1S/C19H24F3N5S.HI/c1-14-25-16(13-28-14)6-7-24-18(23-2)27-10-8-26(9-11-27)17-5-3-4-15(12-17)19(20,21)22;/h3-5,12-13H,6-11H2,1-2H3,(H,23,24);1H. The Balaban J connectivity index is 0.00000300. The van der Waals surface area contributed by atoms with E-state index in [1.54, 1.807) is 24.5 Å². The maximum Gasteiger partial charge on any atom is 0.416 e. The van der Waals surface area contributed by atoms with Crippen LogP contribution in [-0.4, -0.2) is 55.6 Å². The molecule has 1 aliphatic rings. The molecular weight excluding hydrogens is 514 g/mol. The van der Waals surface area contributed by atoms with E-state index in [1.165, 1.54) is 12.1 Å². The molecule has 0 spiro atoms. The molecule has 0 aliphatic carbocycles. The van der Waals surface area contributed by atoms with Crippen molar-refractivity contribution in [1.29, 1.82) is 0 Å². The molecule has 29 heavy (non-hydrogen) atoms. The van der Waals surface area contributed by atoms with Crippen molar-refractivity contribution < 1.29 is 13.2 Å². The minimum absolute atomic E-state index is 0. The summed E-state index contributed by atoms with van der Waals surface area (Å²) in [6, 6.07) is 5.52. The Hall–Kier alpha value is -1.56. The van der Waals surface area contributed by atoms with Crippen LogP contribution in [0.15, 0.2) is 34.6 Å². The number of piperazine rings is 1. The van der Waals surface area contributed by atoms with E-state index in [1.807, 2.05) is 11.8 Å². The zero-order valence-corrected chi connectivity index (χ0v) is 19.5. The van der Waals surface area contributed by atoms with Gasteiger partial charge in [-0.2, -0.15) is 13.2 Å². The maximum absolute atomic E-state index is 12.9. The molecule has 0 bridgehead atoms. The molecular formula is C19H25F3IN5S. The summed E-state index contributed by atoms with van der Waals surface area (Å²) in [4.78, 5) is 12.9. The van der Waals surface area contributed by atoms with E-state index in [4.69, 9.17) is 0 Å². The number of alkyl halides is 3. The zero-order chi connectivity index (χ0) is 20.1. The van der Waals surface area contributed by atoms with Gasteiger partial charge in [-0.05, 0) is 25.1 Å². The minimum atomic E-state index is -4.32. The molecule has 1 aromatic heterocycles. The van der Waals surface area contributed by atoms with Crippen molar-refractivity contribution in [3.05, 3.63) is 45.9 Å². The smallest absolute Gasteiger partial charge is 0.368 e. The van der Waals surface area contributed by atoms with Crippen LogP contribution in [0.5, 0.6) is 0 Å². The average Bonchev–Trinajstić information content (AvgIpc) is 3.10. The average molecular weight is 539 g/mol. The Labute approximate surface area is 190 Å². The minimum Gasteiger partial charge on any atom is -0.368 e. The second kappa shape index (κ2) is 10.5. The Morgan fingerprint density at radius 2 is 1.97 bits per heavy atom. The predicted molar refractivity (Wildman–Crippen MR) is 123 cm³/mol. The third kappa shape index (κ3) is 6.46. The molecule has 1 fully saturated rings. The van der Waals surface area contributed by atoms with Gasteiger partial charge in [-0.25, -0.2) is 4.98 Å². The quantitative estimate of drug-likeness (QED) is 0.362. The van der Waals surface area contributed by atoms with Gasteiger partial charge in [0.2, 0.25) is 0 Å². The number of halogens is 4. The summed E-state index contributed by atoms with van der Waals surface area (Å²) >= 11 is 1.64. The van der Waals surface area contributed by atoms with Crippen LogP contribution in [0.1, 0.15) is 16.3 Å². The van der Waals surface area contributed by atoms with Crippen LogP contribution in [0, 0.1) is 6.92 Å². The van der Waals surface area contributed by atoms with Crippen LogP contribution in [0.3, 0.4) is 0 Å². The topological polar surface area (TPSA) is 43.8 Å². The van der Waals surface area contributed by atoms with Gasteiger partial charge in [-0.15, -0.1) is 35.3 Å². The van der Waals surface area contributed by atoms with E-state index in [0.29, 0.717) is 31.9 Å². The van der Waals surface area contributed by atoms with E-state index >= 15 is 0 Å². The molecule has 1 aromatic carbocycles. The summed E-state index contributed by atoms with van der Waals surface area (Å²) in [5, 5.41) is 6.48. The second-order valence-electron chi connectivity index (χ2n) is 6.60. The number of guanidine groups is 1. The Bertz CT molecular complexity index is 816. The van der Waals surface area contributed by atoms with Gasteiger partial charge in [0.05, 0.1) is 16.3 Å². The van der Waals surface area contributed by atoms with Gasteiger partial charge in [0.15, 0.2) is 5.96 Å². The normalized spacial score (nSPS) is 15.3. The number of benzene rings is 1. The summed E-state index contributed by atoms with van der Waals surface area (Å²) in [5.41, 5.74) is 1.07. The van der Waals surface area contributed by atoms with Crippen molar-refractivity contribution in [2.75, 3.05) is 44.7 Å². The van der Waals surface area contributed by atoms with Gasteiger partial charge >= 0.3 is 6.18 Å². The van der Waals surface area contributed by atoms with Crippen molar-refractivity contribution in [3.63, 3.8) is 0 Å². The highest BCUT2D eigenvalue weighted by atomic mass is 127. The monoisotopic (exact) mass is 539 g/mol. The first-order chi connectivity index (χ1) is 13.4. The molecule has 1 N–H and O–H groups in total. The van der Waals surface area contributed by atoms with Crippen molar-refractivity contribution in [2.45, 2.75) is 19.5 Å². The van der Waals surface area contributed by atoms with Crippen molar-refractivity contribution >= 4 is 47.0 Å². The number of aryl methyl sites for hydroxylation is 1. The van der Waals surface area contributed by atoms with E-state index in [9.17, 15) is 13.2 Å². The van der Waals surface area contributed by atoms with E-state index < -0.39 is 11.7 Å². The molecule has 0 radical (unpaired) electrons. The summed E-state index contributed by atoms with van der Waals surface area (Å²) in [5.74, 6) is 0.815. The van der Waals surface area contributed by atoms with E-state index in [-0.39, 0.29) is 24.0 Å². The molecule has 2 heterocycles. The fourth-order valence-electron chi connectivity index (χ4n) is 3.21. The zero-order valence-electron chi connectivity index (χ0n) is 16.4. The summed E-state index contributed by atoms with van der Waals surface area (Å²) in [7, 11) is 1.74. The fourth-order valence-corrected chi connectivity index (χ4v) is 3.86. The summed E-state index contributed by atoms with van der Waals surface area (Å²) in [6.45, 7) is 5.42. The Morgan fingerprint density at radius 1 is 1.24 bits per heavy atom. The largest absolute Gasteiger partial charge is 0.416 e. The second-order valence-corrected chi connectivity index (χ2v) is 7.67. The molecule has 0 atom stereocenters. The molecule has 160 valence electrons. The maximum atomic E-state index is 12.9. The lowest BCUT2D eigenvalue weighted by molar-refractivity contribution is -0.137. The lowest BCUT2D eigenvalue weighted by Gasteiger charge is -2.37. The molecule has 2 aromatic rings. The third-order valence-corrected chi connectivity index (χ3v) is 5.48. The number of anilines is 1. The predicted octanol–water partition coefficient (Wildman–Crippen LogP) is 4.03. The number of nitrogens with zero attached hydrogens (tertiary/aromatic N) is 4. The molecule has 0 amide bonds. The number of rotatable bonds is 4. The van der Waals surface area contributed by atoms with Crippen LogP contribution < -0.4 is 10.2 Å². The highest BCUT2D eigenvalue weighted by Gasteiger charge is 2.31. The SMILES string of the molecule is CN=C(NCCc1csc(C)n1)N1CCN(c2cccc(C(F)(F)F)c2)CC1.I. The lowest BCUT2D eigenvalue weighted by atomic mass is 10.1. The molecule has 3 rings (SSSR count). The van der Waals surface area contributed by atoms with Crippen molar-refractivity contribution in [2.24, 2.45) is 4.99 Å². The third-order valence-electron chi connectivity index (χ3n) is 4.66. The number of nitrogens with one attached hydrogen (secondary N) is 1. The van der Waals surface area contributed by atoms with Crippen LogP contribution >= 0.6 is 35.3 Å². The number of hydrogen-bond acceptors (Lipinski definition) is 4. The summed E-state index contributed by atoms with van der Waals surface area (Å²) < 4.78 is 38.8. The molecule has 1 aliphatic heterocycles. The van der Waals surface area contributed by atoms with Gasteiger partial charge in [0, 0.05) is 57.3 Å². The number of aliphatic imine (C=N–C) groups is 1. The van der Waals surface area contributed by atoms with Crippen LogP contribution in [0.4, 0.5) is 18.9 Å². The van der Waals surface area contributed by atoms with Gasteiger partial charge in [-0.1, -0.05) is 6.07 Å². The van der Waals surface area contributed by atoms with E-state index in [0.717, 1.165) is 35.7 Å². The molecule has 0 unspecified atom stereocenters. The highest BCUT2D eigenvalue weighted by Crippen LogP contribution is 2.31. The Kier molecular flexibility index (Phi) is 8.56. The molecule has 10 heteroatoms. The first-order valence-electron chi connectivity index (χ1n) is 9.15. The molecule has 1 saturated heterocycles. The fraction of sp³-hybridized carbons (Fsp3) is 0.474. The van der Waals surface area contributed by atoms with E-state index in [2.05, 4.69) is 25.6 Å². The number of aromatic nitrogens is 1. The summed E-state index contributed by atoms with van der Waals surface area (Å²) in [6.07, 6.45) is -3.49. The first-order valence-corrected chi connectivity index (χ1v) is 10.0. The van der Waals surface area contributed by atoms with Crippen LogP contribution in [-0.2, 0) is 12.6 Å². The molecule has 5 nitrogen and oxygen atoms in total. The van der Waals surface area contributed by atoms with Crippen molar-refractivity contribution in [1.82, 2.24) is 15.2 Å². The van der Waals surface area contributed by atoms with Gasteiger partial charge in [0.1, 0.15) is 0 Å². The highest BCUT2D eigenvalue weighted by molar-refractivity contribution is 14.0. The lowest BCUT2D eigenvalue weighted by Crippen LogP contribution is -2.52. The van der Waals surface area contributed by atoms with Gasteiger partial charge in [0.25, 0.3) is 0 Å². The van der Waals surface area contributed by atoms with Crippen LogP contribution in [0.2, 0.25) is 0 Å². The van der Waals surface area contributed by atoms with Gasteiger partial charge in [-0.3, -0.25) is 4.99 Å². The molecule has 0 saturated carbocycles. The number of thiazole rings is 1. The van der Waals surface area contributed by atoms with Crippen LogP contribution in [0.25, 0.3) is 0 Å². The van der Waals surface area contributed by atoms with Gasteiger partial charge < -0.3 is 15.1 Å². The first kappa shape index (κ1) is 23.7. The van der Waals surface area contributed by atoms with Crippen molar-refractivity contribution in [3.8, 4) is 0 Å². The Morgan fingerprint density at radius 3 is 2.55 bits per heavy atom. The number of hydrogen-bond donors (Lipinski definition) is 1.